The van der Waals surface area contributed by atoms with Crippen molar-refractivity contribution in [3.63, 3.8) is 0 Å². The molecule has 0 aromatic heterocycles. The summed E-state index contributed by atoms with van der Waals surface area (Å²) in [6, 6.07) is 6.47. The maximum atomic E-state index is 5.27. The maximum Gasteiger partial charge on any atom is 0.119 e. The van der Waals surface area contributed by atoms with Gasteiger partial charge < -0.3 is 4.74 Å². The van der Waals surface area contributed by atoms with Gasteiger partial charge in [-0.1, -0.05) is 13.0 Å². The van der Waals surface area contributed by atoms with Gasteiger partial charge in [0.2, 0.25) is 0 Å². The smallest absolute Gasteiger partial charge is 0.119 e. The van der Waals surface area contributed by atoms with Gasteiger partial charge in [-0.05, 0) is 35.6 Å². The molecule has 1 aliphatic rings. The van der Waals surface area contributed by atoms with Gasteiger partial charge in [-0.3, -0.25) is 0 Å². The van der Waals surface area contributed by atoms with E-state index in [9.17, 15) is 0 Å². The molecule has 2 nitrogen and oxygen atoms in total. The van der Waals surface area contributed by atoms with Crippen LogP contribution in [0.5, 0.6) is 5.75 Å². The van der Waals surface area contributed by atoms with E-state index in [1.807, 2.05) is 0 Å². The Labute approximate surface area is 105 Å². The summed E-state index contributed by atoms with van der Waals surface area (Å²) in [5, 5.41) is 0. The number of methoxy groups -OCH3 is 1. The molecule has 1 aliphatic heterocycles. The molecule has 0 N–H and O–H groups in total. The van der Waals surface area contributed by atoms with Crippen molar-refractivity contribution in [2.45, 2.75) is 19.3 Å². The Morgan fingerprint density at radius 3 is 3.00 bits per heavy atom. The van der Waals surface area contributed by atoms with Crippen LogP contribution in [0.25, 0.3) is 0 Å². The Kier molecular flexibility index (Phi) is 3.51. The number of halogens is 1. The second-order valence-electron chi connectivity index (χ2n) is 4.08. The van der Waals surface area contributed by atoms with Crippen molar-refractivity contribution in [1.82, 2.24) is 3.11 Å². The third-order valence-corrected chi connectivity index (χ3v) is 3.85. The first-order chi connectivity index (χ1) is 7.20. The van der Waals surface area contributed by atoms with Crippen molar-refractivity contribution in [2.75, 3.05) is 20.2 Å². The first-order valence-corrected chi connectivity index (χ1v) is 6.24. The lowest BCUT2D eigenvalue weighted by molar-refractivity contribution is 0.414. The zero-order chi connectivity index (χ0) is 10.8. The normalized spacial score (nSPS) is 21.9. The molecule has 1 heterocycles. The summed E-state index contributed by atoms with van der Waals surface area (Å²) < 4.78 is 7.64. The summed E-state index contributed by atoms with van der Waals surface area (Å²) in [5.41, 5.74) is 2.93. The van der Waals surface area contributed by atoms with Crippen LogP contribution in [0.4, 0.5) is 0 Å². The molecule has 0 radical (unpaired) electrons. The molecule has 1 aromatic rings. The zero-order valence-electron chi connectivity index (χ0n) is 9.16. The van der Waals surface area contributed by atoms with Gasteiger partial charge in [0, 0.05) is 36.0 Å². The van der Waals surface area contributed by atoms with Crippen LogP contribution in [0.2, 0.25) is 0 Å². The second-order valence-corrected chi connectivity index (χ2v) is 5.45. The SMILES string of the molecule is COc1ccc2c(c1)CCN(I)CC2C. The average Bonchev–Trinajstić information content (AvgIpc) is 2.38. The third kappa shape index (κ3) is 2.45. The van der Waals surface area contributed by atoms with Crippen molar-refractivity contribution in [2.24, 2.45) is 0 Å². The molecule has 1 aromatic carbocycles. The zero-order valence-corrected chi connectivity index (χ0v) is 11.3. The largest absolute Gasteiger partial charge is 0.497 e. The number of rotatable bonds is 1. The Morgan fingerprint density at radius 1 is 1.47 bits per heavy atom. The maximum absolute atomic E-state index is 5.27. The molecule has 0 fully saturated rings. The molecule has 3 heteroatoms. The van der Waals surface area contributed by atoms with Gasteiger partial charge in [0.05, 0.1) is 7.11 Å². The molecule has 0 saturated heterocycles. The van der Waals surface area contributed by atoms with Crippen LogP contribution in [-0.4, -0.2) is 23.3 Å². The number of benzene rings is 1. The molecule has 1 unspecified atom stereocenters. The van der Waals surface area contributed by atoms with Crippen LogP contribution in [0, 0.1) is 0 Å². The molecule has 0 amide bonds. The fourth-order valence-electron chi connectivity index (χ4n) is 2.13. The molecule has 1 atom stereocenters. The van der Waals surface area contributed by atoms with Crippen molar-refractivity contribution in [3.8, 4) is 5.75 Å². The summed E-state index contributed by atoms with van der Waals surface area (Å²) in [5.74, 6) is 1.59. The molecule has 2 rings (SSSR count). The highest BCUT2D eigenvalue weighted by Gasteiger charge is 2.18. The molecule has 0 bridgehead atoms. The third-order valence-electron chi connectivity index (χ3n) is 2.98. The first-order valence-electron chi connectivity index (χ1n) is 5.28. The number of ether oxygens (including phenoxy) is 1. The summed E-state index contributed by atoms with van der Waals surface area (Å²) in [6.45, 7) is 4.56. The van der Waals surface area contributed by atoms with E-state index in [1.54, 1.807) is 7.11 Å². The van der Waals surface area contributed by atoms with Crippen LogP contribution in [-0.2, 0) is 6.42 Å². The van der Waals surface area contributed by atoms with Crippen LogP contribution < -0.4 is 4.74 Å². The first kappa shape index (κ1) is 11.2. The Morgan fingerprint density at radius 2 is 2.27 bits per heavy atom. The Bertz CT molecular complexity index is 353. The van der Waals surface area contributed by atoms with E-state index >= 15 is 0 Å². The highest BCUT2D eigenvalue weighted by atomic mass is 127. The van der Waals surface area contributed by atoms with E-state index in [0.29, 0.717) is 5.92 Å². The minimum Gasteiger partial charge on any atom is -0.497 e. The molecule has 0 aliphatic carbocycles. The van der Waals surface area contributed by atoms with Gasteiger partial charge in [0.25, 0.3) is 0 Å². The molecule has 82 valence electrons. The van der Waals surface area contributed by atoms with Crippen LogP contribution in [0.1, 0.15) is 24.0 Å². The average molecular weight is 317 g/mol. The highest BCUT2D eigenvalue weighted by molar-refractivity contribution is 14.1. The minimum absolute atomic E-state index is 0.616. The Hall–Kier alpha value is -0.290. The van der Waals surface area contributed by atoms with Crippen LogP contribution in [0.15, 0.2) is 18.2 Å². The van der Waals surface area contributed by atoms with Crippen molar-refractivity contribution >= 4 is 22.9 Å². The highest BCUT2D eigenvalue weighted by Crippen LogP contribution is 2.29. The van der Waals surface area contributed by atoms with Gasteiger partial charge in [0.15, 0.2) is 0 Å². The predicted octanol–water partition coefficient (Wildman–Crippen LogP) is 3.01. The fourth-order valence-corrected chi connectivity index (χ4v) is 2.97. The predicted molar refractivity (Wildman–Crippen MR) is 70.7 cm³/mol. The monoisotopic (exact) mass is 317 g/mol. The quantitative estimate of drug-likeness (QED) is 0.583. The van der Waals surface area contributed by atoms with Gasteiger partial charge >= 0.3 is 0 Å². The topological polar surface area (TPSA) is 12.5 Å². The molecular weight excluding hydrogens is 301 g/mol. The summed E-state index contributed by atoms with van der Waals surface area (Å²) in [6.07, 6.45) is 1.12. The molecular formula is C12H16INO. The van der Waals surface area contributed by atoms with Gasteiger partial charge in [0.1, 0.15) is 5.75 Å². The number of nitrogens with zero attached hydrogens (tertiary/aromatic N) is 1. The standard InChI is InChI=1S/C12H16INO/c1-9-8-14(13)6-5-10-7-11(15-2)3-4-12(9)10/h3-4,7,9H,5-6,8H2,1-2H3. The number of hydrogen-bond acceptors (Lipinski definition) is 2. The van der Waals surface area contributed by atoms with Crippen molar-refractivity contribution in [1.29, 1.82) is 0 Å². The number of hydrogen-bond donors (Lipinski definition) is 0. The van der Waals surface area contributed by atoms with Gasteiger partial charge in [-0.15, -0.1) is 0 Å². The van der Waals surface area contributed by atoms with E-state index in [4.69, 9.17) is 4.74 Å². The van der Waals surface area contributed by atoms with E-state index in [1.165, 1.54) is 11.1 Å². The van der Waals surface area contributed by atoms with E-state index in [-0.39, 0.29) is 0 Å². The van der Waals surface area contributed by atoms with Crippen LogP contribution in [0.3, 0.4) is 0 Å². The summed E-state index contributed by atoms with van der Waals surface area (Å²) in [4.78, 5) is 0. The lowest BCUT2D eigenvalue weighted by atomic mass is 9.95. The molecule has 15 heavy (non-hydrogen) atoms. The lowest BCUT2D eigenvalue weighted by Crippen LogP contribution is -2.16. The van der Waals surface area contributed by atoms with Crippen molar-refractivity contribution in [3.05, 3.63) is 29.3 Å². The molecule has 0 spiro atoms. The van der Waals surface area contributed by atoms with E-state index < -0.39 is 0 Å². The van der Waals surface area contributed by atoms with Crippen LogP contribution >= 0.6 is 22.9 Å². The molecule has 0 saturated carbocycles. The second kappa shape index (κ2) is 4.70. The fraction of sp³-hybridized carbons (Fsp3) is 0.500. The number of fused-ring (bicyclic) bond motifs is 1. The summed E-state index contributed by atoms with van der Waals surface area (Å²) >= 11 is 2.42. The van der Waals surface area contributed by atoms with Gasteiger partial charge in [-0.25, -0.2) is 3.11 Å². The lowest BCUT2D eigenvalue weighted by Gasteiger charge is -2.15. The minimum atomic E-state index is 0.616. The summed E-state index contributed by atoms with van der Waals surface area (Å²) in [7, 11) is 1.73. The van der Waals surface area contributed by atoms with Crippen molar-refractivity contribution < 1.29 is 4.74 Å². The van der Waals surface area contributed by atoms with E-state index in [0.717, 1.165) is 25.3 Å². The van der Waals surface area contributed by atoms with E-state index in [2.05, 4.69) is 51.1 Å². The Balaban J connectivity index is 2.35. The van der Waals surface area contributed by atoms with Gasteiger partial charge in [-0.2, -0.15) is 0 Å².